The topological polar surface area (TPSA) is 79.5 Å². The van der Waals surface area contributed by atoms with E-state index in [2.05, 4.69) is 35.6 Å². The molecule has 0 amide bonds. The molecule has 3 aromatic rings. The number of rotatable bonds is 8. The van der Waals surface area contributed by atoms with Crippen LogP contribution in [0.15, 0.2) is 48.7 Å². The van der Waals surface area contributed by atoms with Crippen LogP contribution in [0.5, 0.6) is 0 Å². The number of hydrogen-bond donors (Lipinski definition) is 2. The number of aliphatic hydroxyl groups is 1. The van der Waals surface area contributed by atoms with Gasteiger partial charge in [0.25, 0.3) is 0 Å². The average Bonchev–Trinajstić information content (AvgIpc) is 2.80. The molecule has 0 fully saturated rings. The van der Waals surface area contributed by atoms with E-state index >= 15 is 0 Å². The minimum Gasteiger partial charge on any atom is -0.392 e. The molecule has 1 heterocycles. The number of nitrogens with two attached hydrogens (primary N) is 1. The molecular weight excluding hydrogens is 422 g/mol. The molecule has 166 valence electrons. The number of carbonyl (C=O) groups excluding carboxylic acids is 1. The molecule has 0 spiro atoms. The van der Waals surface area contributed by atoms with Crippen LogP contribution < -0.4 is 5.73 Å². The number of nitrogen functional groups attached to an aromatic ring is 1. The van der Waals surface area contributed by atoms with Gasteiger partial charge in [0.1, 0.15) is 5.82 Å². The van der Waals surface area contributed by atoms with E-state index in [1.165, 1.54) is 0 Å². The first kappa shape index (κ1) is 23.7. The van der Waals surface area contributed by atoms with E-state index in [0.717, 1.165) is 29.4 Å². The van der Waals surface area contributed by atoms with Crippen LogP contribution in [-0.2, 0) is 0 Å². The molecule has 2 aromatic carbocycles. The molecular formula is C26H28ClN3O2. The van der Waals surface area contributed by atoms with Crippen molar-refractivity contribution in [2.45, 2.75) is 32.8 Å². The Balaban J connectivity index is 1.68. The number of ketones is 1. The monoisotopic (exact) mass is 449 g/mol. The summed E-state index contributed by atoms with van der Waals surface area (Å²) in [6, 6.07) is 12.7. The number of nitrogens with zero attached hydrogens (tertiary/aromatic N) is 2. The number of halogens is 1. The number of pyridine rings is 1. The number of aromatic nitrogens is 1. The zero-order valence-electron chi connectivity index (χ0n) is 18.4. The Bertz CT molecular complexity index is 1150. The van der Waals surface area contributed by atoms with Crippen molar-refractivity contribution in [1.82, 2.24) is 9.88 Å². The minimum atomic E-state index is -0.503. The van der Waals surface area contributed by atoms with Crippen LogP contribution in [-0.4, -0.2) is 46.5 Å². The first-order chi connectivity index (χ1) is 15.4. The second-order valence-corrected chi connectivity index (χ2v) is 8.06. The SMILES string of the molecule is CCN(CC)CC(O)CCC(=O)c1ccc(C#Cc2c(N)ncc3c(Cl)cccc23)cc1. The van der Waals surface area contributed by atoms with Gasteiger partial charge in [-0.25, -0.2) is 4.98 Å². The van der Waals surface area contributed by atoms with Crippen molar-refractivity contribution in [3.8, 4) is 11.8 Å². The number of carbonyl (C=O) groups is 1. The van der Waals surface area contributed by atoms with Crippen LogP contribution in [0.1, 0.15) is 48.2 Å². The molecule has 0 bridgehead atoms. The Labute approximate surface area is 194 Å². The van der Waals surface area contributed by atoms with E-state index in [9.17, 15) is 9.90 Å². The third-order valence-electron chi connectivity index (χ3n) is 5.52. The maximum Gasteiger partial charge on any atom is 0.162 e. The largest absolute Gasteiger partial charge is 0.392 e. The highest BCUT2D eigenvalue weighted by Crippen LogP contribution is 2.27. The summed E-state index contributed by atoms with van der Waals surface area (Å²) in [6.45, 7) is 6.49. The van der Waals surface area contributed by atoms with Gasteiger partial charge in [-0.3, -0.25) is 4.79 Å². The van der Waals surface area contributed by atoms with E-state index in [1.807, 2.05) is 24.3 Å². The fraction of sp³-hybridized carbons (Fsp3) is 0.308. The van der Waals surface area contributed by atoms with Gasteiger partial charge in [-0.05, 0) is 37.7 Å². The zero-order chi connectivity index (χ0) is 23.1. The standard InChI is InChI=1S/C26H28ClN3O2/c1-3-30(4-2)17-20(31)13-15-25(32)19-11-8-18(9-12-19)10-14-22-21-6-5-7-24(27)23(21)16-29-26(22)28/h5-9,11-12,16,20,31H,3-4,13,15,17H2,1-2H3,(H2,28,29). The van der Waals surface area contributed by atoms with Gasteiger partial charge in [-0.2, -0.15) is 0 Å². The Morgan fingerprint density at radius 3 is 2.53 bits per heavy atom. The highest BCUT2D eigenvalue weighted by atomic mass is 35.5. The first-order valence-electron chi connectivity index (χ1n) is 10.8. The number of benzene rings is 2. The molecule has 3 rings (SSSR count). The van der Waals surface area contributed by atoms with E-state index in [4.69, 9.17) is 17.3 Å². The minimum absolute atomic E-state index is 0.0141. The Kier molecular flexibility index (Phi) is 8.24. The molecule has 1 aromatic heterocycles. The summed E-state index contributed by atoms with van der Waals surface area (Å²) in [5, 5.41) is 12.4. The molecule has 32 heavy (non-hydrogen) atoms. The summed E-state index contributed by atoms with van der Waals surface area (Å²) in [5.41, 5.74) is 8.06. The second-order valence-electron chi connectivity index (χ2n) is 7.65. The van der Waals surface area contributed by atoms with Crippen molar-refractivity contribution in [1.29, 1.82) is 0 Å². The lowest BCUT2D eigenvalue weighted by Crippen LogP contribution is -2.32. The smallest absolute Gasteiger partial charge is 0.162 e. The van der Waals surface area contributed by atoms with Crippen molar-refractivity contribution < 1.29 is 9.90 Å². The van der Waals surface area contributed by atoms with E-state index < -0.39 is 6.10 Å². The maximum absolute atomic E-state index is 12.5. The van der Waals surface area contributed by atoms with E-state index in [-0.39, 0.29) is 5.78 Å². The lowest BCUT2D eigenvalue weighted by Gasteiger charge is -2.21. The summed E-state index contributed by atoms with van der Waals surface area (Å²) < 4.78 is 0. The van der Waals surface area contributed by atoms with Gasteiger partial charge in [0.2, 0.25) is 0 Å². The van der Waals surface area contributed by atoms with Gasteiger partial charge < -0.3 is 15.7 Å². The van der Waals surface area contributed by atoms with Gasteiger partial charge in [0.05, 0.1) is 11.7 Å². The third-order valence-corrected chi connectivity index (χ3v) is 5.85. The lowest BCUT2D eigenvalue weighted by molar-refractivity contribution is 0.0877. The molecule has 0 radical (unpaired) electrons. The summed E-state index contributed by atoms with van der Waals surface area (Å²) in [6.07, 6.45) is 1.91. The number of Topliss-reactive ketones (excluding diaryl/α,β-unsaturated/α-hetero) is 1. The van der Waals surface area contributed by atoms with Crippen molar-refractivity contribution in [2.75, 3.05) is 25.4 Å². The molecule has 0 aliphatic carbocycles. The van der Waals surface area contributed by atoms with Gasteiger partial charge in [-0.15, -0.1) is 0 Å². The van der Waals surface area contributed by atoms with Gasteiger partial charge in [0.15, 0.2) is 5.78 Å². The Morgan fingerprint density at radius 1 is 1.12 bits per heavy atom. The number of aliphatic hydroxyl groups excluding tert-OH is 1. The van der Waals surface area contributed by atoms with Crippen molar-refractivity contribution in [3.63, 3.8) is 0 Å². The molecule has 1 unspecified atom stereocenters. The fourth-order valence-electron chi connectivity index (χ4n) is 3.54. The predicted octanol–water partition coefficient (Wildman–Crippen LogP) is 4.54. The van der Waals surface area contributed by atoms with Crippen LogP contribution in [0.25, 0.3) is 10.8 Å². The molecule has 6 heteroatoms. The van der Waals surface area contributed by atoms with E-state index in [0.29, 0.717) is 41.4 Å². The molecule has 3 N–H and O–H groups in total. The van der Waals surface area contributed by atoms with Crippen LogP contribution in [0.2, 0.25) is 5.02 Å². The van der Waals surface area contributed by atoms with Crippen molar-refractivity contribution in [3.05, 3.63) is 70.4 Å². The number of fused-ring (bicyclic) bond motifs is 1. The number of anilines is 1. The summed E-state index contributed by atoms with van der Waals surface area (Å²) in [4.78, 5) is 18.8. The number of hydrogen-bond acceptors (Lipinski definition) is 5. The van der Waals surface area contributed by atoms with Crippen molar-refractivity contribution >= 4 is 34.0 Å². The fourth-order valence-corrected chi connectivity index (χ4v) is 3.76. The number of likely N-dealkylation sites (N-methyl/N-ethyl adjacent to an activating group) is 1. The van der Waals surface area contributed by atoms with Crippen LogP contribution in [0.3, 0.4) is 0 Å². The summed E-state index contributed by atoms with van der Waals surface area (Å²) >= 11 is 6.25. The third kappa shape index (κ3) is 5.86. The Hall–Kier alpha value is -2.91. The van der Waals surface area contributed by atoms with Crippen molar-refractivity contribution in [2.24, 2.45) is 0 Å². The quantitative estimate of drug-likeness (QED) is 0.390. The van der Waals surface area contributed by atoms with Crippen LogP contribution >= 0.6 is 11.6 Å². The lowest BCUT2D eigenvalue weighted by atomic mass is 10.0. The molecule has 1 atom stereocenters. The summed E-state index contributed by atoms with van der Waals surface area (Å²) in [7, 11) is 0. The van der Waals surface area contributed by atoms with Gasteiger partial charge in [-0.1, -0.05) is 61.6 Å². The molecule has 5 nitrogen and oxygen atoms in total. The van der Waals surface area contributed by atoms with E-state index in [1.54, 1.807) is 24.4 Å². The molecule has 0 aliphatic rings. The summed E-state index contributed by atoms with van der Waals surface area (Å²) in [5.74, 6) is 6.56. The molecule has 0 aliphatic heterocycles. The predicted molar refractivity (Wildman–Crippen MR) is 131 cm³/mol. The first-order valence-corrected chi connectivity index (χ1v) is 11.2. The molecule has 0 saturated heterocycles. The second kappa shape index (κ2) is 11.1. The van der Waals surface area contributed by atoms with Crippen LogP contribution in [0, 0.1) is 11.8 Å². The van der Waals surface area contributed by atoms with Gasteiger partial charge >= 0.3 is 0 Å². The highest BCUT2D eigenvalue weighted by molar-refractivity contribution is 6.35. The maximum atomic E-state index is 12.5. The Morgan fingerprint density at radius 2 is 1.84 bits per heavy atom. The highest BCUT2D eigenvalue weighted by Gasteiger charge is 2.13. The zero-order valence-corrected chi connectivity index (χ0v) is 19.2. The normalized spacial score (nSPS) is 11.9. The molecule has 0 saturated carbocycles. The average molecular weight is 450 g/mol. The van der Waals surface area contributed by atoms with Crippen LogP contribution in [0.4, 0.5) is 5.82 Å². The van der Waals surface area contributed by atoms with Gasteiger partial charge in [0, 0.05) is 46.1 Å².